The van der Waals surface area contributed by atoms with Gasteiger partial charge >= 0.3 is 5.97 Å². The van der Waals surface area contributed by atoms with E-state index < -0.39 is 5.97 Å². The molecule has 0 bridgehead atoms. The summed E-state index contributed by atoms with van der Waals surface area (Å²) < 4.78 is 0. The van der Waals surface area contributed by atoms with Gasteiger partial charge < -0.3 is 10.0 Å². The van der Waals surface area contributed by atoms with Crippen LogP contribution in [-0.4, -0.2) is 23.0 Å². The van der Waals surface area contributed by atoms with Crippen LogP contribution in [0.25, 0.3) is 0 Å². The number of hydrogen-bond donors (Lipinski definition) is 1. The molecule has 2 aliphatic rings. The zero-order valence-electron chi connectivity index (χ0n) is 16.6. The van der Waals surface area contributed by atoms with E-state index in [2.05, 4.69) is 25.1 Å². The maximum atomic E-state index is 12.9. The van der Waals surface area contributed by atoms with Gasteiger partial charge in [0.05, 0.1) is 0 Å². The van der Waals surface area contributed by atoms with Gasteiger partial charge in [-0.1, -0.05) is 44.2 Å². The maximum Gasteiger partial charge on any atom is 0.303 e. The minimum atomic E-state index is -0.722. The van der Waals surface area contributed by atoms with Crippen molar-refractivity contribution in [3.05, 3.63) is 29.3 Å². The Labute approximate surface area is 163 Å². The number of aliphatic carboxylic acids is 1. The molecule has 1 aliphatic heterocycles. The molecule has 1 aromatic carbocycles. The van der Waals surface area contributed by atoms with Crippen molar-refractivity contribution >= 4 is 17.6 Å². The highest BCUT2D eigenvalue weighted by Gasteiger charge is 2.31. The minimum absolute atomic E-state index is 0.237. The number of unbranched alkanes of at least 4 members (excludes halogenated alkanes) is 1. The van der Waals surface area contributed by atoms with Crippen molar-refractivity contribution in [3.8, 4) is 0 Å². The number of carbonyl (C=O) groups is 2. The first-order chi connectivity index (χ1) is 13.0. The SMILES string of the molecule is CC1Cc2cc(CCCCC(=O)O)ccc2N1C(=O)CCC1CCCCC1. The standard InChI is InChI=1S/C23H33NO3/c1-17-15-20-16-19(9-5-6-10-23(26)27)11-13-21(20)24(17)22(25)14-12-18-7-3-2-4-8-18/h11,13,16-18H,2-10,12,14-15H2,1H3,(H,26,27). The summed E-state index contributed by atoms with van der Waals surface area (Å²) in [5.74, 6) is 0.300. The van der Waals surface area contributed by atoms with Gasteiger partial charge in [-0.15, -0.1) is 0 Å². The van der Waals surface area contributed by atoms with E-state index in [0.29, 0.717) is 12.8 Å². The van der Waals surface area contributed by atoms with Crippen LogP contribution in [0, 0.1) is 5.92 Å². The lowest BCUT2D eigenvalue weighted by molar-refractivity contribution is -0.137. The molecule has 1 heterocycles. The molecule has 0 radical (unpaired) electrons. The molecule has 1 unspecified atom stereocenters. The lowest BCUT2D eigenvalue weighted by Gasteiger charge is -2.25. The Morgan fingerprint density at radius 1 is 1.11 bits per heavy atom. The second-order valence-electron chi connectivity index (χ2n) is 8.42. The molecule has 1 amide bonds. The fourth-order valence-electron chi connectivity index (χ4n) is 4.75. The lowest BCUT2D eigenvalue weighted by Crippen LogP contribution is -2.35. The molecule has 4 heteroatoms. The second-order valence-corrected chi connectivity index (χ2v) is 8.42. The van der Waals surface area contributed by atoms with Crippen molar-refractivity contribution in [2.75, 3.05) is 4.90 Å². The van der Waals surface area contributed by atoms with Crippen molar-refractivity contribution in [3.63, 3.8) is 0 Å². The normalized spacial score (nSPS) is 19.9. The average Bonchev–Trinajstić information content (AvgIpc) is 2.99. The summed E-state index contributed by atoms with van der Waals surface area (Å²) in [6.45, 7) is 2.14. The molecule has 27 heavy (non-hydrogen) atoms. The number of fused-ring (bicyclic) bond motifs is 1. The Kier molecular flexibility index (Phi) is 6.92. The molecule has 3 rings (SSSR count). The van der Waals surface area contributed by atoms with Crippen LogP contribution in [0.15, 0.2) is 18.2 Å². The van der Waals surface area contributed by atoms with Crippen LogP contribution in [0.3, 0.4) is 0 Å². The van der Waals surface area contributed by atoms with Gasteiger partial charge in [-0.25, -0.2) is 0 Å². The zero-order chi connectivity index (χ0) is 19.2. The number of anilines is 1. The largest absolute Gasteiger partial charge is 0.481 e. The van der Waals surface area contributed by atoms with E-state index in [4.69, 9.17) is 5.11 Å². The van der Waals surface area contributed by atoms with E-state index in [1.165, 1.54) is 43.2 Å². The molecule has 1 aromatic rings. The summed E-state index contributed by atoms with van der Waals surface area (Å²) in [6.07, 6.45) is 12.0. The van der Waals surface area contributed by atoms with Crippen LogP contribution >= 0.6 is 0 Å². The summed E-state index contributed by atoms with van der Waals surface area (Å²) in [7, 11) is 0. The quantitative estimate of drug-likeness (QED) is 0.645. The van der Waals surface area contributed by atoms with E-state index in [1.54, 1.807) is 0 Å². The van der Waals surface area contributed by atoms with Crippen molar-refractivity contribution < 1.29 is 14.7 Å². The smallest absolute Gasteiger partial charge is 0.303 e. The minimum Gasteiger partial charge on any atom is -0.481 e. The topological polar surface area (TPSA) is 57.6 Å². The lowest BCUT2D eigenvalue weighted by atomic mass is 9.86. The monoisotopic (exact) mass is 371 g/mol. The number of nitrogens with zero attached hydrogens (tertiary/aromatic N) is 1. The fraction of sp³-hybridized carbons (Fsp3) is 0.652. The van der Waals surface area contributed by atoms with Gasteiger partial charge in [-0.2, -0.15) is 0 Å². The molecule has 148 valence electrons. The molecular weight excluding hydrogens is 338 g/mol. The molecule has 0 saturated heterocycles. The third-order valence-electron chi connectivity index (χ3n) is 6.23. The number of benzene rings is 1. The molecule has 1 saturated carbocycles. The average molecular weight is 372 g/mol. The van der Waals surface area contributed by atoms with E-state index >= 15 is 0 Å². The van der Waals surface area contributed by atoms with Crippen molar-refractivity contribution in [2.45, 2.75) is 90.0 Å². The number of amides is 1. The third-order valence-corrected chi connectivity index (χ3v) is 6.23. The highest BCUT2D eigenvalue weighted by atomic mass is 16.4. The number of rotatable bonds is 8. The Hall–Kier alpha value is -1.84. The zero-order valence-corrected chi connectivity index (χ0v) is 16.6. The van der Waals surface area contributed by atoms with E-state index in [0.717, 1.165) is 37.3 Å². The Morgan fingerprint density at radius 2 is 1.89 bits per heavy atom. The van der Waals surface area contributed by atoms with Gasteiger partial charge in [0.15, 0.2) is 0 Å². The summed E-state index contributed by atoms with van der Waals surface area (Å²) in [6, 6.07) is 6.67. The van der Waals surface area contributed by atoms with Crippen molar-refractivity contribution in [1.82, 2.24) is 0 Å². The third kappa shape index (κ3) is 5.33. The highest BCUT2D eigenvalue weighted by molar-refractivity contribution is 5.96. The molecule has 1 atom stereocenters. The first kappa shape index (κ1) is 19.9. The van der Waals surface area contributed by atoms with Gasteiger partial charge in [-0.05, 0) is 62.1 Å². The number of carbonyl (C=O) groups excluding carboxylic acids is 1. The first-order valence-electron chi connectivity index (χ1n) is 10.7. The Balaban J connectivity index is 1.56. The highest BCUT2D eigenvalue weighted by Crippen LogP contribution is 2.35. The summed E-state index contributed by atoms with van der Waals surface area (Å²) >= 11 is 0. The van der Waals surface area contributed by atoms with Gasteiger partial charge in [0.2, 0.25) is 5.91 Å². The van der Waals surface area contributed by atoms with Crippen LogP contribution < -0.4 is 4.90 Å². The maximum absolute atomic E-state index is 12.9. The summed E-state index contributed by atoms with van der Waals surface area (Å²) in [5, 5.41) is 8.74. The Morgan fingerprint density at radius 3 is 2.63 bits per heavy atom. The molecular formula is C23H33NO3. The van der Waals surface area contributed by atoms with Crippen molar-refractivity contribution in [1.29, 1.82) is 0 Å². The molecule has 1 fully saturated rings. The van der Waals surface area contributed by atoms with Crippen molar-refractivity contribution in [2.24, 2.45) is 5.92 Å². The summed E-state index contributed by atoms with van der Waals surface area (Å²) in [5.41, 5.74) is 3.61. The second kappa shape index (κ2) is 9.38. The van der Waals surface area contributed by atoms with Crippen LogP contribution in [0.4, 0.5) is 5.69 Å². The van der Waals surface area contributed by atoms with E-state index in [9.17, 15) is 9.59 Å². The van der Waals surface area contributed by atoms with Crippen LogP contribution in [0.1, 0.15) is 82.3 Å². The molecule has 0 spiro atoms. The molecule has 1 N–H and O–H groups in total. The first-order valence-corrected chi connectivity index (χ1v) is 10.7. The van der Waals surface area contributed by atoms with Crippen LogP contribution in [-0.2, 0) is 22.4 Å². The fourth-order valence-corrected chi connectivity index (χ4v) is 4.75. The van der Waals surface area contributed by atoms with Gasteiger partial charge in [0.25, 0.3) is 0 Å². The predicted molar refractivity (Wildman–Crippen MR) is 108 cm³/mol. The van der Waals surface area contributed by atoms with E-state index in [-0.39, 0.29) is 18.4 Å². The predicted octanol–water partition coefficient (Wildman–Crippen LogP) is 5.12. The number of hydrogen-bond acceptors (Lipinski definition) is 2. The van der Waals surface area contributed by atoms with Crippen LogP contribution in [0.2, 0.25) is 0 Å². The van der Waals surface area contributed by atoms with Gasteiger partial charge in [-0.3, -0.25) is 9.59 Å². The van der Waals surface area contributed by atoms with Gasteiger partial charge in [0.1, 0.15) is 0 Å². The number of carboxylic acids is 1. The molecule has 4 nitrogen and oxygen atoms in total. The molecule has 1 aliphatic carbocycles. The summed E-state index contributed by atoms with van der Waals surface area (Å²) in [4.78, 5) is 25.5. The molecule has 0 aromatic heterocycles. The Bertz CT molecular complexity index is 664. The van der Waals surface area contributed by atoms with E-state index in [1.807, 2.05) is 4.90 Å². The number of aryl methyl sites for hydroxylation is 1. The van der Waals surface area contributed by atoms with Gasteiger partial charge in [0, 0.05) is 24.6 Å². The van der Waals surface area contributed by atoms with Crippen LogP contribution in [0.5, 0.6) is 0 Å². The number of carboxylic acid groups (broad SMARTS) is 1.